The Balaban J connectivity index is 1.57. The minimum Gasteiger partial charge on any atom is -0.393 e. The molecule has 0 aromatic carbocycles. The Morgan fingerprint density at radius 3 is 1.44 bits per heavy atom. The lowest BCUT2D eigenvalue weighted by atomic mass is 9.51. The number of aliphatic hydroxyl groups excluding tert-OH is 2. The third-order valence-electron chi connectivity index (χ3n) is 11.6. The summed E-state index contributed by atoms with van der Waals surface area (Å²) in [6, 6.07) is 0. The number of aliphatic hydroxyl groups is 2. The van der Waals surface area contributed by atoms with Gasteiger partial charge in [-0.15, -0.1) is 0 Å². The van der Waals surface area contributed by atoms with E-state index >= 15 is 0 Å². The first-order valence-corrected chi connectivity index (χ1v) is 15.9. The summed E-state index contributed by atoms with van der Waals surface area (Å²) in [6.07, 6.45) is 27.6. The van der Waals surface area contributed by atoms with Crippen molar-refractivity contribution in [3.05, 3.63) is 0 Å². The molecule has 0 aliphatic heterocycles. The molecular formula is C32H58O2. The molecule has 6 unspecified atom stereocenters. The number of hydrogen-bond acceptors (Lipinski definition) is 2. The zero-order valence-electron chi connectivity index (χ0n) is 22.9. The first-order chi connectivity index (χ1) is 16.6. The molecule has 0 saturated heterocycles. The summed E-state index contributed by atoms with van der Waals surface area (Å²) in [5.41, 5.74) is 0.449. The van der Waals surface area contributed by atoms with Crippen LogP contribution in [0.15, 0.2) is 0 Å². The van der Waals surface area contributed by atoms with Crippen LogP contribution < -0.4 is 0 Å². The van der Waals surface area contributed by atoms with Gasteiger partial charge < -0.3 is 10.2 Å². The van der Waals surface area contributed by atoms with E-state index in [9.17, 15) is 10.2 Å². The molecule has 4 fully saturated rings. The summed E-state index contributed by atoms with van der Waals surface area (Å²) in [5, 5.41) is 22.3. The predicted octanol–water partition coefficient (Wildman–Crippen LogP) is 8.68. The molecule has 0 amide bonds. The van der Waals surface area contributed by atoms with Gasteiger partial charge in [-0.3, -0.25) is 0 Å². The van der Waals surface area contributed by atoms with Gasteiger partial charge in [-0.05, 0) is 92.3 Å². The van der Waals surface area contributed by atoms with Gasteiger partial charge in [-0.1, -0.05) is 97.3 Å². The lowest BCUT2D eigenvalue weighted by molar-refractivity contribution is -0.0864. The third kappa shape index (κ3) is 6.07. The molecule has 0 aromatic heterocycles. The molecule has 198 valence electrons. The first-order valence-electron chi connectivity index (χ1n) is 15.9. The number of hydrogen-bond donors (Lipinski definition) is 2. The van der Waals surface area contributed by atoms with Crippen LogP contribution in [0.4, 0.5) is 0 Å². The van der Waals surface area contributed by atoms with Crippen LogP contribution in [-0.2, 0) is 0 Å². The molecule has 0 heterocycles. The van der Waals surface area contributed by atoms with Crippen LogP contribution >= 0.6 is 0 Å². The molecule has 2 N–H and O–H groups in total. The molecule has 34 heavy (non-hydrogen) atoms. The molecule has 6 atom stereocenters. The molecule has 4 rings (SSSR count). The Bertz CT molecular complexity index is 534. The van der Waals surface area contributed by atoms with Crippen molar-refractivity contribution in [2.75, 3.05) is 0 Å². The van der Waals surface area contributed by atoms with E-state index in [1.807, 2.05) is 0 Å². The van der Waals surface area contributed by atoms with Crippen molar-refractivity contribution < 1.29 is 10.2 Å². The second-order valence-corrected chi connectivity index (χ2v) is 13.4. The second-order valence-electron chi connectivity index (χ2n) is 13.4. The van der Waals surface area contributed by atoms with Crippen LogP contribution in [0.1, 0.15) is 149 Å². The molecule has 2 nitrogen and oxygen atoms in total. The van der Waals surface area contributed by atoms with Crippen LogP contribution in [0, 0.1) is 40.9 Å². The number of unbranched alkanes of at least 4 members (excludes halogenated alkanes) is 1. The van der Waals surface area contributed by atoms with Crippen LogP contribution in [-0.4, -0.2) is 22.4 Å². The van der Waals surface area contributed by atoms with Gasteiger partial charge in [0, 0.05) is 0 Å². The van der Waals surface area contributed by atoms with Crippen LogP contribution in [0.2, 0.25) is 0 Å². The molecular weight excluding hydrogens is 416 g/mol. The average Bonchev–Trinajstić information content (AvgIpc) is 2.88. The van der Waals surface area contributed by atoms with Gasteiger partial charge >= 0.3 is 0 Å². The highest BCUT2D eigenvalue weighted by atomic mass is 16.3. The smallest absolute Gasteiger partial charge is 0.0571 e. The maximum atomic E-state index is 11.1. The minimum absolute atomic E-state index is 0.0481. The summed E-state index contributed by atoms with van der Waals surface area (Å²) in [7, 11) is 0. The Labute approximate surface area is 212 Å². The van der Waals surface area contributed by atoms with Crippen molar-refractivity contribution in [3.63, 3.8) is 0 Å². The zero-order valence-corrected chi connectivity index (χ0v) is 22.9. The van der Waals surface area contributed by atoms with Gasteiger partial charge in [0.1, 0.15) is 0 Å². The molecule has 0 radical (unpaired) electrons. The van der Waals surface area contributed by atoms with E-state index in [1.165, 1.54) is 122 Å². The second kappa shape index (κ2) is 12.9. The summed E-state index contributed by atoms with van der Waals surface area (Å²) in [6.45, 7) is 4.80. The van der Waals surface area contributed by atoms with E-state index in [1.54, 1.807) is 0 Å². The molecule has 0 spiro atoms. The Hall–Kier alpha value is -0.0800. The van der Waals surface area contributed by atoms with E-state index in [0.29, 0.717) is 17.3 Å². The summed E-state index contributed by atoms with van der Waals surface area (Å²) >= 11 is 0. The molecule has 0 bridgehead atoms. The van der Waals surface area contributed by atoms with E-state index in [0.717, 1.165) is 36.5 Å². The fourth-order valence-electron chi connectivity index (χ4n) is 9.81. The van der Waals surface area contributed by atoms with Gasteiger partial charge in [0.2, 0.25) is 0 Å². The minimum atomic E-state index is -0.0481. The van der Waals surface area contributed by atoms with Gasteiger partial charge in [-0.25, -0.2) is 0 Å². The van der Waals surface area contributed by atoms with Crippen molar-refractivity contribution in [1.29, 1.82) is 0 Å². The lowest BCUT2D eigenvalue weighted by Crippen LogP contribution is -2.48. The van der Waals surface area contributed by atoms with Crippen molar-refractivity contribution in [2.24, 2.45) is 40.9 Å². The van der Waals surface area contributed by atoms with Crippen molar-refractivity contribution >= 4 is 0 Å². The number of rotatable bonds is 9. The Kier molecular flexibility index (Phi) is 10.3. The highest BCUT2D eigenvalue weighted by Crippen LogP contribution is 2.58. The SMILES string of the molecule is CCCCC(CCC)(C1CCC(O)C(C2CCCCC2)C1)C1CCC(O)C(C2CCCCC2)C1. The first kappa shape index (κ1) is 27.0. The summed E-state index contributed by atoms with van der Waals surface area (Å²) < 4.78 is 0. The molecule has 4 aliphatic rings. The summed E-state index contributed by atoms with van der Waals surface area (Å²) in [5.74, 6) is 4.25. The predicted molar refractivity (Wildman–Crippen MR) is 144 cm³/mol. The van der Waals surface area contributed by atoms with Crippen LogP contribution in [0.5, 0.6) is 0 Å². The van der Waals surface area contributed by atoms with Crippen LogP contribution in [0.3, 0.4) is 0 Å². The van der Waals surface area contributed by atoms with Crippen molar-refractivity contribution in [1.82, 2.24) is 0 Å². The highest BCUT2D eigenvalue weighted by molar-refractivity contribution is 5.00. The topological polar surface area (TPSA) is 40.5 Å². The standard InChI is InChI=1S/C32H58O2/c1-3-5-21-32(20-4-2,26-16-18-30(33)28(22-26)24-12-8-6-9-13-24)27-17-19-31(34)29(23-27)25-14-10-7-11-15-25/h24-31,33-34H,3-23H2,1-2H3. The average molecular weight is 475 g/mol. The van der Waals surface area contributed by atoms with Gasteiger partial charge in [0.05, 0.1) is 12.2 Å². The molecule has 0 aromatic rings. The van der Waals surface area contributed by atoms with E-state index in [-0.39, 0.29) is 12.2 Å². The third-order valence-corrected chi connectivity index (χ3v) is 11.6. The highest BCUT2D eigenvalue weighted by Gasteiger charge is 2.50. The monoisotopic (exact) mass is 474 g/mol. The Morgan fingerprint density at radius 2 is 1.03 bits per heavy atom. The van der Waals surface area contributed by atoms with E-state index in [4.69, 9.17) is 0 Å². The zero-order chi connectivity index (χ0) is 24.0. The largest absolute Gasteiger partial charge is 0.393 e. The Morgan fingerprint density at radius 1 is 0.559 bits per heavy atom. The van der Waals surface area contributed by atoms with Crippen LogP contribution in [0.25, 0.3) is 0 Å². The van der Waals surface area contributed by atoms with Gasteiger partial charge in [0.25, 0.3) is 0 Å². The fourth-order valence-corrected chi connectivity index (χ4v) is 9.81. The van der Waals surface area contributed by atoms with E-state index < -0.39 is 0 Å². The van der Waals surface area contributed by atoms with Gasteiger partial charge in [-0.2, -0.15) is 0 Å². The summed E-state index contributed by atoms with van der Waals surface area (Å²) in [4.78, 5) is 0. The maximum absolute atomic E-state index is 11.1. The maximum Gasteiger partial charge on any atom is 0.0571 e. The normalized spacial score (nSPS) is 38.5. The lowest BCUT2D eigenvalue weighted by Gasteiger charge is -2.55. The van der Waals surface area contributed by atoms with Crippen molar-refractivity contribution in [3.8, 4) is 0 Å². The molecule has 2 heteroatoms. The fraction of sp³-hybridized carbons (Fsp3) is 1.00. The quantitative estimate of drug-likeness (QED) is 0.351. The van der Waals surface area contributed by atoms with Gasteiger partial charge in [0.15, 0.2) is 0 Å². The molecule has 4 aliphatic carbocycles. The molecule has 4 saturated carbocycles. The van der Waals surface area contributed by atoms with Crippen molar-refractivity contribution in [2.45, 2.75) is 161 Å². The van der Waals surface area contributed by atoms with E-state index in [2.05, 4.69) is 13.8 Å².